The van der Waals surface area contributed by atoms with E-state index < -0.39 is 0 Å². The molecule has 2 heterocycles. The summed E-state index contributed by atoms with van der Waals surface area (Å²) in [4.78, 5) is 6.90. The van der Waals surface area contributed by atoms with Gasteiger partial charge in [-0.2, -0.15) is 0 Å². The molecule has 1 fully saturated rings. The molecule has 2 aromatic rings. The molecular weight excluding hydrogens is 342 g/mol. The smallest absolute Gasteiger partial charge is 0.0933 e. The summed E-state index contributed by atoms with van der Waals surface area (Å²) in [5.74, 6) is 0.584. The van der Waals surface area contributed by atoms with Gasteiger partial charge in [-0.15, -0.1) is 0 Å². The number of hydrogen-bond donors (Lipinski definition) is 1. The number of likely N-dealkylation sites (N-methyl/N-ethyl adjacent to an activating group) is 1. The summed E-state index contributed by atoms with van der Waals surface area (Å²) < 4.78 is 0. The molecule has 1 N–H and O–H groups in total. The minimum Gasteiger partial charge on any atom is -0.377 e. The molecule has 3 rings (SSSR count). The number of fused-ring (bicyclic) bond motifs is 1. The first kappa shape index (κ1) is 20.2. The lowest BCUT2D eigenvalue weighted by molar-refractivity contribution is 0.361. The Morgan fingerprint density at radius 1 is 1.14 bits per heavy atom. The highest BCUT2D eigenvalue weighted by atomic mass is 15.1. The summed E-state index contributed by atoms with van der Waals surface area (Å²) in [7, 11) is 2.14. The average molecular weight is 376 g/mol. The first-order chi connectivity index (χ1) is 13.5. The van der Waals surface area contributed by atoms with Crippen LogP contribution in [0.1, 0.15) is 44.7 Å². The highest BCUT2D eigenvalue weighted by Gasteiger charge is 2.20. The zero-order valence-electron chi connectivity index (χ0n) is 17.4. The lowest BCUT2D eigenvalue weighted by Gasteiger charge is -2.30. The standard InChI is InChI=1S/C25H33N3/c1-18-10-8-9-17-28(5)21(4)24(14-13-19(18)2)27-20(3)25-23-12-7-6-11-22(23)15-16-26-25/h6-7,11-12,15-16,18,24,27H,2-4,8-10,13-14,17H2,1,5H3/t18?,24-/m0/s1. The van der Waals surface area contributed by atoms with E-state index in [1.54, 1.807) is 0 Å². The van der Waals surface area contributed by atoms with Crippen molar-refractivity contribution in [3.63, 3.8) is 0 Å². The monoisotopic (exact) mass is 375 g/mol. The third kappa shape index (κ3) is 4.64. The molecule has 1 saturated heterocycles. The molecule has 3 nitrogen and oxygen atoms in total. The second-order valence-corrected chi connectivity index (χ2v) is 8.06. The van der Waals surface area contributed by atoms with Crippen LogP contribution in [0.4, 0.5) is 0 Å². The van der Waals surface area contributed by atoms with Crippen LogP contribution >= 0.6 is 0 Å². The fraction of sp³-hybridized carbons (Fsp3) is 0.400. The van der Waals surface area contributed by atoms with Crippen molar-refractivity contribution in [2.45, 2.75) is 45.1 Å². The van der Waals surface area contributed by atoms with Crippen molar-refractivity contribution in [3.8, 4) is 0 Å². The Hall–Kier alpha value is -2.55. The molecule has 28 heavy (non-hydrogen) atoms. The highest BCUT2D eigenvalue weighted by Crippen LogP contribution is 2.26. The molecule has 0 bridgehead atoms. The number of nitrogens with one attached hydrogen (secondary N) is 1. The summed E-state index contributed by atoms with van der Waals surface area (Å²) in [6, 6.07) is 10.5. The summed E-state index contributed by atoms with van der Waals surface area (Å²) in [6.07, 6.45) is 7.47. The zero-order chi connectivity index (χ0) is 20.1. The Kier molecular flexibility index (Phi) is 6.56. The van der Waals surface area contributed by atoms with Crippen LogP contribution in [0.15, 0.2) is 67.5 Å². The fourth-order valence-electron chi connectivity index (χ4n) is 3.95. The van der Waals surface area contributed by atoms with E-state index in [0.717, 1.165) is 41.9 Å². The van der Waals surface area contributed by atoms with Gasteiger partial charge in [0.1, 0.15) is 0 Å². The maximum Gasteiger partial charge on any atom is 0.0933 e. The van der Waals surface area contributed by atoms with Crippen molar-refractivity contribution >= 4 is 16.5 Å². The minimum atomic E-state index is 0.125. The van der Waals surface area contributed by atoms with Gasteiger partial charge in [-0.1, -0.05) is 62.9 Å². The zero-order valence-corrected chi connectivity index (χ0v) is 17.4. The molecule has 148 valence electrons. The Balaban J connectivity index is 1.82. The second kappa shape index (κ2) is 9.09. The number of allylic oxidation sites excluding steroid dienone is 1. The number of rotatable bonds is 3. The lowest BCUT2D eigenvalue weighted by Crippen LogP contribution is -2.36. The van der Waals surface area contributed by atoms with E-state index in [9.17, 15) is 0 Å². The lowest BCUT2D eigenvalue weighted by atomic mass is 9.92. The van der Waals surface area contributed by atoms with Crippen LogP contribution in [-0.2, 0) is 0 Å². The van der Waals surface area contributed by atoms with Gasteiger partial charge in [0, 0.05) is 30.9 Å². The van der Waals surface area contributed by atoms with E-state index >= 15 is 0 Å². The average Bonchev–Trinajstić information content (AvgIpc) is 2.73. The number of nitrogens with zero attached hydrogens (tertiary/aromatic N) is 2. The first-order valence-corrected chi connectivity index (χ1v) is 10.3. The number of hydrogen-bond acceptors (Lipinski definition) is 3. The van der Waals surface area contributed by atoms with E-state index in [1.807, 2.05) is 18.3 Å². The van der Waals surface area contributed by atoms with Gasteiger partial charge in [0.25, 0.3) is 0 Å². The van der Waals surface area contributed by atoms with E-state index in [-0.39, 0.29) is 6.04 Å². The van der Waals surface area contributed by atoms with Crippen LogP contribution in [0.5, 0.6) is 0 Å². The Bertz CT molecular complexity index is 862. The number of pyridine rings is 1. The van der Waals surface area contributed by atoms with Gasteiger partial charge in [0.15, 0.2) is 0 Å². The van der Waals surface area contributed by atoms with Crippen molar-refractivity contribution in [2.75, 3.05) is 13.6 Å². The van der Waals surface area contributed by atoms with Crippen molar-refractivity contribution in [1.29, 1.82) is 0 Å². The van der Waals surface area contributed by atoms with Gasteiger partial charge >= 0.3 is 0 Å². The molecule has 1 aromatic carbocycles. The van der Waals surface area contributed by atoms with E-state index in [1.165, 1.54) is 30.2 Å². The quantitative estimate of drug-likeness (QED) is 0.691. The molecule has 0 radical (unpaired) electrons. The molecule has 0 aliphatic carbocycles. The first-order valence-electron chi connectivity index (χ1n) is 10.3. The summed E-state index contributed by atoms with van der Waals surface area (Å²) >= 11 is 0. The third-order valence-electron chi connectivity index (χ3n) is 6.03. The van der Waals surface area contributed by atoms with Crippen LogP contribution in [0.25, 0.3) is 16.5 Å². The summed E-state index contributed by atoms with van der Waals surface area (Å²) in [5.41, 5.74) is 4.22. The van der Waals surface area contributed by atoms with Crippen LogP contribution < -0.4 is 5.32 Å². The van der Waals surface area contributed by atoms with Gasteiger partial charge in [0.2, 0.25) is 0 Å². The molecule has 0 amide bonds. The summed E-state index contributed by atoms with van der Waals surface area (Å²) in [6.45, 7) is 16.4. The minimum absolute atomic E-state index is 0.125. The maximum absolute atomic E-state index is 4.61. The summed E-state index contributed by atoms with van der Waals surface area (Å²) in [5, 5.41) is 5.94. The molecule has 1 aliphatic rings. The van der Waals surface area contributed by atoms with Crippen molar-refractivity contribution in [1.82, 2.24) is 15.2 Å². The van der Waals surface area contributed by atoms with Gasteiger partial charge in [-0.05, 0) is 43.1 Å². The molecule has 0 saturated carbocycles. The predicted molar refractivity (Wildman–Crippen MR) is 121 cm³/mol. The van der Waals surface area contributed by atoms with Crippen molar-refractivity contribution < 1.29 is 0 Å². The molecule has 0 spiro atoms. The van der Waals surface area contributed by atoms with Crippen LogP contribution in [-0.4, -0.2) is 29.5 Å². The fourth-order valence-corrected chi connectivity index (χ4v) is 3.95. The molecule has 3 heteroatoms. The topological polar surface area (TPSA) is 28.2 Å². The molecular formula is C25H33N3. The van der Waals surface area contributed by atoms with E-state index in [0.29, 0.717) is 5.92 Å². The van der Waals surface area contributed by atoms with E-state index in [2.05, 4.69) is 67.1 Å². The normalized spacial score (nSPS) is 22.0. The van der Waals surface area contributed by atoms with Gasteiger partial charge in [-0.3, -0.25) is 4.98 Å². The SMILES string of the molecule is C=C(N[C@H]1CCC(=C)C(C)CCCCN(C)C1=C)c1nccc2ccccc12. The van der Waals surface area contributed by atoms with Gasteiger partial charge in [-0.25, -0.2) is 0 Å². The predicted octanol–water partition coefficient (Wildman–Crippen LogP) is 5.77. The molecule has 1 unspecified atom stereocenters. The van der Waals surface area contributed by atoms with Crippen LogP contribution in [0.3, 0.4) is 0 Å². The van der Waals surface area contributed by atoms with Crippen molar-refractivity contribution in [3.05, 3.63) is 73.2 Å². The highest BCUT2D eigenvalue weighted by molar-refractivity contribution is 5.91. The molecule has 1 aromatic heterocycles. The maximum atomic E-state index is 4.61. The number of benzene rings is 1. The van der Waals surface area contributed by atoms with Crippen LogP contribution in [0, 0.1) is 5.92 Å². The Labute approximate surface area is 169 Å². The van der Waals surface area contributed by atoms with E-state index in [4.69, 9.17) is 0 Å². The largest absolute Gasteiger partial charge is 0.377 e. The molecule has 1 aliphatic heterocycles. The number of aromatic nitrogens is 1. The Morgan fingerprint density at radius 3 is 2.75 bits per heavy atom. The Morgan fingerprint density at radius 2 is 1.93 bits per heavy atom. The second-order valence-electron chi connectivity index (χ2n) is 8.06. The molecule has 2 atom stereocenters. The van der Waals surface area contributed by atoms with Gasteiger partial charge in [0.05, 0.1) is 17.4 Å². The van der Waals surface area contributed by atoms with Crippen molar-refractivity contribution in [2.24, 2.45) is 5.92 Å². The van der Waals surface area contributed by atoms with Gasteiger partial charge < -0.3 is 10.2 Å². The van der Waals surface area contributed by atoms with Crippen LogP contribution in [0.2, 0.25) is 0 Å². The third-order valence-corrected chi connectivity index (χ3v) is 6.03.